The number of piperazine rings is 1. The molecule has 3 aliphatic rings. The van der Waals surface area contributed by atoms with Crippen molar-refractivity contribution in [3.63, 3.8) is 0 Å². The zero-order chi connectivity index (χ0) is 18.9. The van der Waals surface area contributed by atoms with Gasteiger partial charge in [-0.25, -0.2) is 0 Å². The number of hydrogen-bond donors (Lipinski definition) is 0. The summed E-state index contributed by atoms with van der Waals surface area (Å²) in [5.41, 5.74) is 0.639. The minimum absolute atomic E-state index is 0.290. The van der Waals surface area contributed by atoms with Crippen LogP contribution in [0.25, 0.3) is 0 Å². The summed E-state index contributed by atoms with van der Waals surface area (Å²) in [6.45, 7) is 17.8. The maximum atomic E-state index is 12.6. The molecule has 1 aliphatic carbocycles. The summed E-state index contributed by atoms with van der Waals surface area (Å²) in [4.78, 5) is 19.7. The maximum absolute atomic E-state index is 12.6. The van der Waals surface area contributed by atoms with E-state index in [4.69, 9.17) is 0 Å². The molecule has 148 valence electrons. The number of amides is 1. The Hall–Kier alpha value is -0.610. The van der Waals surface area contributed by atoms with Crippen LogP contribution in [0, 0.1) is 11.3 Å². The predicted octanol–water partition coefficient (Wildman–Crippen LogP) is 3.72. The molecule has 0 spiro atoms. The van der Waals surface area contributed by atoms with Gasteiger partial charge in [0.2, 0.25) is 5.91 Å². The van der Waals surface area contributed by atoms with E-state index < -0.39 is 0 Å². The quantitative estimate of drug-likeness (QED) is 0.771. The van der Waals surface area contributed by atoms with Crippen LogP contribution in [0.2, 0.25) is 0 Å². The van der Waals surface area contributed by atoms with Gasteiger partial charge in [-0.2, -0.15) is 0 Å². The van der Waals surface area contributed by atoms with E-state index in [1.807, 2.05) is 27.7 Å². The van der Waals surface area contributed by atoms with E-state index in [2.05, 4.69) is 28.7 Å². The maximum Gasteiger partial charge on any atom is 0.225 e. The molecule has 0 bridgehead atoms. The van der Waals surface area contributed by atoms with E-state index in [0.717, 1.165) is 52.1 Å². The normalized spacial score (nSPS) is 23.8. The van der Waals surface area contributed by atoms with Crippen molar-refractivity contribution < 1.29 is 4.79 Å². The fraction of sp³-hybridized carbons (Fsp3) is 0.952. The van der Waals surface area contributed by atoms with Crippen LogP contribution >= 0.6 is 0 Å². The van der Waals surface area contributed by atoms with Gasteiger partial charge < -0.3 is 9.80 Å². The SMILES string of the molecule is CC.CC.CCC1(CN2CCN(C(=O)C3CCN(C)CC3)CC2)CC1. The summed E-state index contributed by atoms with van der Waals surface area (Å²) in [6, 6.07) is 0. The van der Waals surface area contributed by atoms with Crippen LogP contribution in [-0.2, 0) is 4.79 Å². The van der Waals surface area contributed by atoms with E-state index in [9.17, 15) is 4.79 Å². The van der Waals surface area contributed by atoms with Crippen LogP contribution in [0.5, 0.6) is 0 Å². The highest BCUT2D eigenvalue weighted by Gasteiger charge is 2.42. The molecule has 0 atom stereocenters. The number of piperidine rings is 1. The van der Waals surface area contributed by atoms with E-state index in [-0.39, 0.29) is 5.92 Å². The van der Waals surface area contributed by atoms with Crippen molar-refractivity contribution in [3.8, 4) is 0 Å². The summed E-state index contributed by atoms with van der Waals surface area (Å²) in [7, 11) is 2.15. The van der Waals surface area contributed by atoms with Crippen LogP contribution in [0.15, 0.2) is 0 Å². The zero-order valence-corrected chi connectivity index (χ0v) is 17.8. The fourth-order valence-corrected chi connectivity index (χ4v) is 3.91. The molecule has 3 rings (SSSR count). The van der Waals surface area contributed by atoms with Gasteiger partial charge in [-0.15, -0.1) is 0 Å². The van der Waals surface area contributed by atoms with Gasteiger partial charge in [-0.05, 0) is 57.7 Å². The van der Waals surface area contributed by atoms with Gasteiger partial charge in [0.1, 0.15) is 0 Å². The lowest BCUT2D eigenvalue weighted by molar-refractivity contribution is -0.138. The first kappa shape index (κ1) is 22.4. The molecule has 0 unspecified atom stereocenters. The Labute approximate surface area is 156 Å². The Morgan fingerprint density at radius 1 is 0.920 bits per heavy atom. The van der Waals surface area contributed by atoms with E-state index >= 15 is 0 Å². The molecule has 3 fully saturated rings. The molecule has 25 heavy (non-hydrogen) atoms. The molecule has 4 nitrogen and oxygen atoms in total. The summed E-state index contributed by atoms with van der Waals surface area (Å²) in [6.07, 6.45) is 6.25. The van der Waals surface area contributed by atoms with Crippen LogP contribution in [0.4, 0.5) is 0 Å². The second kappa shape index (κ2) is 11.2. The lowest BCUT2D eigenvalue weighted by atomic mass is 9.95. The molecule has 0 aromatic heterocycles. The van der Waals surface area contributed by atoms with Crippen molar-refractivity contribution in [2.75, 3.05) is 52.9 Å². The van der Waals surface area contributed by atoms with Crippen molar-refractivity contribution in [2.45, 2.75) is 66.7 Å². The number of hydrogen-bond acceptors (Lipinski definition) is 3. The van der Waals surface area contributed by atoms with Crippen molar-refractivity contribution in [1.29, 1.82) is 0 Å². The Morgan fingerprint density at radius 2 is 1.44 bits per heavy atom. The van der Waals surface area contributed by atoms with E-state index in [1.165, 1.54) is 25.8 Å². The Morgan fingerprint density at radius 3 is 1.88 bits per heavy atom. The Balaban J connectivity index is 0.000000730. The summed E-state index contributed by atoms with van der Waals surface area (Å²) >= 11 is 0. The van der Waals surface area contributed by atoms with Crippen LogP contribution < -0.4 is 0 Å². The lowest BCUT2D eigenvalue weighted by Gasteiger charge is -2.39. The first-order valence-electron chi connectivity index (χ1n) is 10.8. The van der Waals surface area contributed by atoms with Crippen molar-refractivity contribution in [3.05, 3.63) is 0 Å². The molecular formula is C21H43N3O. The molecule has 1 amide bonds. The Kier molecular flexibility index (Phi) is 10.0. The van der Waals surface area contributed by atoms with Gasteiger partial charge in [-0.1, -0.05) is 34.6 Å². The first-order chi connectivity index (χ1) is 12.1. The highest BCUT2D eigenvalue weighted by atomic mass is 16.2. The largest absolute Gasteiger partial charge is 0.340 e. The first-order valence-corrected chi connectivity index (χ1v) is 10.8. The van der Waals surface area contributed by atoms with Crippen molar-refractivity contribution in [2.24, 2.45) is 11.3 Å². The van der Waals surface area contributed by atoms with Crippen molar-refractivity contribution >= 4 is 5.91 Å². The summed E-state index contributed by atoms with van der Waals surface area (Å²) < 4.78 is 0. The number of nitrogens with zero attached hydrogens (tertiary/aromatic N) is 3. The average molecular weight is 354 g/mol. The van der Waals surface area contributed by atoms with Crippen LogP contribution in [0.1, 0.15) is 66.7 Å². The van der Waals surface area contributed by atoms with Gasteiger partial charge in [0.15, 0.2) is 0 Å². The van der Waals surface area contributed by atoms with Gasteiger partial charge in [0.05, 0.1) is 0 Å². The minimum Gasteiger partial charge on any atom is -0.340 e. The molecule has 0 aromatic rings. The molecule has 0 aromatic carbocycles. The molecule has 2 saturated heterocycles. The summed E-state index contributed by atoms with van der Waals surface area (Å²) in [5, 5.41) is 0. The zero-order valence-electron chi connectivity index (χ0n) is 17.8. The van der Waals surface area contributed by atoms with Crippen LogP contribution in [0.3, 0.4) is 0 Å². The predicted molar refractivity (Wildman–Crippen MR) is 108 cm³/mol. The third-order valence-electron chi connectivity index (χ3n) is 6.02. The number of rotatable bonds is 4. The third-order valence-corrected chi connectivity index (χ3v) is 6.02. The highest BCUT2D eigenvalue weighted by Crippen LogP contribution is 2.49. The molecule has 0 radical (unpaired) electrons. The average Bonchev–Trinajstić information content (AvgIpc) is 3.46. The highest BCUT2D eigenvalue weighted by molar-refractivity contribution is 5.79. The summed E-state index contributed by atoms with van der Waals surface area (Å²) in [5.74, 6) is 0.720. The molecule has 1 saturated carbocycles. The molecule has 0 N–H and O–H groups in total. The smallest absolute Gasteiger partial charge is 0.225 e. The topological polar surface area (TPSA) is 26.8 Å². The molecule has 2 heterocycles. The number of likely N-dealkylation sites (tertiary alicyclic amines) is 1. The molecule has 4 heteroatoms. The van der Waals surface area contributed by atoms with Crippen molar-refractivity contribution in [1.82, 2.24) is 14.7 Å². The standard InChI is InChI=1S/C17H31N3O.2C2H6/c1-3-17(6-7-17)14-19-10-12-20(13-11-19)16(21)15-4-8-18(2)9-5-15;2*1-2/h15H,3-14H2,1-2H3;2*1-2H3. The van der Waals surface area contributed by atoms with Gasteiger partial charge in [0, 0.05) is 38.6 Å². The third kappa shape index (κ3) is 6.56. The lowest BCUT2D eigenvalue weighted by Crippen LogP contribution is -2.52. The second-order valence-corrected chi connectivity index (χ2v) is 7.53. The number of carbonyl (C=O) groups excluding carboxylic acids is 1. The van der Waals surface area contributed by atoms with Gasteiger partial charge in [0.25, 0.3) is 0 Å². The van der Waals surface area contributed by atoms with E-state index in [1.54, 1.807) is 0 Å². The minimum atomic E-state index is 0.290. The molecular weight excluding hydrogens is 310 g/mol. The number of carbonyl (C=O) groups is 1. The van der Waals surface area contributed by atoms with E-state index in [0.29, 0.717) is 11.3 Å². The molecule has 2 aliphatic heterocycles. The Bertz CT molecular complexity index is 365. The van der Waals surface area contributed by atoms with Gasteiger partial charge >= 0.3 is 0 Å². The monoisotopic (exact) mass is 353 g/mol. The van der Waals surface area contributed by atoms with Crippen LogP contribution in [-0.4, -0.2) is 73.5 Å². The van der Waals surface area contributed by atoms with Gasteiger partial charge in [-0.3, -0.25) is 9.69 Å². The second-order valence-electron chi connectivity index (χ2n) is 7.53. The fourth-order valence-electron chi connectivity index (χ4n) is 3.91.